The van der Waals surface area contributed by atoms with Gasteiger partial charge in [0.1, 0.15) is 5.75 Å². The van der Waals surface area contributed by atoms with Crippen molar-refractivity contribution in [3.05, 3.63) is 28.3 Å². The van der Waals surface area contributed by atoms with E-state index in [9.17, 15) is 10.2 Å². The normalized spacial score (nSPS) is 12.9. The van der Waals surface area contributed by atoms with E-state index < -0.39 is 6.10 Å². The molecule has 1 aromatic carbocycles. The van der Waals surface area contributed by atoms with Crippen molar-refractivity contribution in [3.63, 3.8) is 0 Å². The molecular formula is C13H21Cl2NO3. The second kappa shape index (κ2) is 7.31. The summed E-state index contributed by atoms with van der Waals surface area (Å²) in [6.07, 6.45) is -0.743. The van der Waals surface area contributed by atoms with Gasteiger partial charge >= 0.3 is 0 Å². The van der Waals surface area contributed by atoms with Crippen molar-refractivity contribution in [1.29, 1.82) is 0 Å². The Kier molecular flexibility index (Phi) is 7.11. The molecule has 4 nitrogen and oxygen atoms in total. The van der Waals surface area contributed by atoms with Gasteiger partial charge in [-0.25, -0.2) is 0 Å². The number of hydrogen-bond acceptors (Lipinski definition) is 4. The van der Waals surface area contributed by atoms with E-state index in [1.165, 1.54) is 6.07 Å². The van der Waals surface area contributed by atoms with Crippen LogP contribution < -0.4 is 5.32 Å². The number of rotatable bonds is 4. The molecule has 0 saturated heterocycles. The molecule has 0 bridgehead atoms. The summed E-state index contributed by atoms with van der Waals surface area (Å²) >= 11 is 5.84. The molecule has 0 heterocycles. The maximum absolute atomic E-state index is 10.0. The molecule has 6 heteroatoms. The fraction of sp³-hybridized carbons (Fsp3) is 0.538. The monoisotopic (exact) mass is 309 g/mol. The van der Waals surface area contributed by atoms with Gasteiger partial charge in [-0.05, 0) is 38.5 Å². The molecule has 1 atom stereocenters. The Bertz CT molecular complexity index is 419. The number of aliphatic hydroxyl groups is 2. The highest BCUT2D eigenvalue weighted by Crippen LogP contribution is 2.31. The predicted octanol–water partition coefficient (Wildman–Crippen LogP) is 2.38. The van der Waals surface area contributed by atoms with Gasteiger partial charge in [-0.3, -0.25) is 0 Å². The second-order valence-electron chi connectivity index (χ2n) is 5.32. The van der Waals surface area contributed by atoms with E-state index in [2.05, 4.69) is 5.32 Å². The molecule has 1 unspecified atom stereocenters. The fourth-order valence-electron chi connectivity index (χ4n) is 1.51. The first-order chi connectivity index (χ1) is 8.24. The Morgan fingerprint density at radius 3 is 2.37 bits per heavy atom. The van der Waals surface area contributed by atoms with E-state index in [0.29, 0.717) is 17.7 Å². The molecule has 1 rings (SSSR count). The zero-order valence-electron chi connectivity index (χ0n) is 11.3. The fourth-order valence-corrected chi connectivity index (χ4v) is 1.76. The SMILES string of the molecule is CC(C)(C)NCC(O)c1cc(Cl)c(O)c(CO)c1.Cl. The quantitative estimate of drug-likeness (QED) is 0.689. The third kappa shape index (κ3) is 5.55. The van der Waals surface area contributed by atoms with E-state index in [-0.39, 0.29) is 35.3 Å². The molecule has 0 saturated carbocycles. The molecule has 110 valence electrons. The summed E-state index contributed by atoms with van der Waals surface area (Å²) in [6, 6.07) is 3.06. The zero-order valence-corrected chi connectivity index (χ0v) is 12.8. The highest BCUT2D eigenvalue weighted by atomic mass is 35.5. The molecule has 0 aliphatic carbocycles. The van der Waals surface area contributed by atoms with E-state index in [1.807, 2.05) is 20.8 Å². The number of benzene rings is 1. The lowest BCUT2D eigenvalue weighted by atomic mass is 10.0. The maximum Gasteiger partial charge on any atom is 0.139 e. The molecule has 0 aliphatic heterocycles. The lowest BCUT2D eigenvalue weighted by Gasteiger charge is -2.23. The standard InChI is InChI=1S/C13H20ClNO3.ClH/c1-13(2,3)15-6-11(17)8-4-9(7-16)12(18)10(14)5-8;/h4-5,11,15-18H,6-7H2,1-3H3;1H. The average Bonchev–Trinajstić information content (AvgIpc) is 2.28. The molecule has 0 radical (unpaired) electrons. The smallest absolute Gasteiger partial charge is 0.139 e. The number of nitrogens with one attached hydrogen (secondary N) is 1. The number of halogens is 2. The van der Waals surface area contributed by atoms with Crippen LogP contribution in [0.1, 0.15) is 38.0 Å². The van der Waals surface area contributed by atoms with E-state index in [0.717, 1.165) is 0 Å². The van der Waals surface area contributed by atoms with Crippen LogP contribution in [0.15, 0.2) is 12.1 Å². The van der Waals surface area contributed by atoms with E-state index in [1.54, 1.807) is 6.07 Å². The number of aromatic hydroxyl groups is 1. The summed E-state index contributed by atoms with van der Waals surface area (Å²) in [6.45, 7) is 6.06. The first-order valence-electron chi connectivity index (χ1n) is 5.80. The van der Waals surface area contributed by atoms with Crippen LogP contribution in [0.2, 0.25) is 5.02 Å². The van der Waals surface area contributed by atoms with Gasteiger partial charge in [0.25, 0.3) is 0 Å². The Balaban J connectivity index is 0.00000324. The highest BCUT2D eigenvalue weighted by Gasteiger charge is 2.16. The molecule has 0 aromatic heterocycles. The van der Waals surface area contributed by atoms with Crippen molar-refractivity contribution < 1.29 is 15.3 Å². The molecular weight excluding hydrogens is 289 g/mol. The van der Waals surface area contributed by atoms with E-state index in [4.69, 9.17) is 16.7 Å². The Hall–Kier alpha value is -0.520. The van der Waals surface area contributed by atoms with Gasteiger partial charge in [0.15, 0.2) is 0 Å². The lowest BCUT2D eigenvalue weighted by molar-refractivity contribution is 0.163. The molecule has 19 heavy (non-hydrogen) atoms. The van der Waals surface area contributed by atoms with Crippen LogP contribution in [-0.4, -0.2) is 27.4 Å². The van der Waals surface area contributed by atoms with Crippen molar-refractivity contribution in [1.82, 2.24) is 5.32 Å². The van der Waals surface area contributed by atoms with Crippen LogP contribution >= 0.6 is 24.0 Å². The minimum absolute atomic E-state index is 0. The summed E-state index contributed by atoms with van der Waals surface area (Å²) in [5, 5.41) is 32.0. The molecule has 0 spiro atoms. The van der Waals surface area contributed by atoms with Crippen LogP contribution in [0.25, 0.3) is 0 Å². The second-order valence-corrected chi connectivity index (χ2v) is 5.72. The average molecular weight is 310 g/mol. The predicted molar refractivity (Wildman–Crippen MR) is 79.0 cm³/mol. The number of β-amino-alcohol motifs (C(OH)–C–C–N with tert-alkyl or cyclic N) is 1. The Morgan fingerprint density at radius 1 is 1.32 bits per heavy atom. The molecule has 4 N–H and O–H groups in total. The van der Waals surface area contributed by atoms with Gasteiger partial charge in [-0.15, -0.1) is 12.4 Å². The number of phenols is 1. The summed E-state index contributed by atoms with van der Waals surface area (Å²) in [5.41, 5.74) is 0.785. The van der Waals surface area contributed by atoms with Gasteiger partial charge in [0, 0.05) is 17.6 Å². The third-order valence-corrected chi connectivity index (χ3v) is 2.83. The van der Waals surface area contributed by atoms with Crippen LogP contribution in [0.5, 0.6) is 5.75 Å². The number of hydrogen-bond donors (Lipinski definition) is 4. The van der Waals surface area contributed by atoms with Gasteiger partial charge < -0.3 is 20.6 Å². The lowest BCUT2D eigenvalue weighted by Crippen LogP contribution is -2.38. The third-order valence-electron chi connectivity index (χ3n) is 2.55. The minimum atomic E-state index is -0.743. The van der Waals surface area contributed by atoms with Crippen molar-refractivity contribution >= 4 is 24.0 Å². The Labute approximate surface area is 124 Å². The van der Waals surface area contributed by atoms with Gasteiger partial charge in [-0.1, -0.05) is 11.6 Å². The summed E-state index contributed by atoms with van der Waals surface area (Å²) in [5.74, 6) is -0.140. The minimum Gasteiger partial charge on any atom is -0.506 e. The molecule has 0 aliphatic rings. The first kappa shape index (κ1) is 18.5. The van der Waals surface area contributed by atoms with Crippen molar-refractivity contribution in [3.8, 4) is 5.75 Å². The number of aliphatic hydroxyl groups excluding tert-OH is 2. The Morgan fingerprint density at radius 2 is 1.89 bits per heavy atom. The summed E-state index contributed by atoms with van der Waals surface area (Å²) in [7, 11) is 0. The maximum atomic E-state index is 10.0. The van der Waals surface area contributed by atoms with Crippen LogP contribution in [0, 0.1) is 0 Å². The van der Waals surface area contributed by atoms with E-state index >= 15 is 0 Å². The first-order valence-corrected chi connectivity index (χ1v) is 6.17. The van der Waals surface area contributed by atoms with Crippen LogP contribution in [0.4, 0.5) is 0 Å². The van der Waals surface area contributed by atoms with Gasteiger partial charge in [0.2, 0.25) is 0 Å². The topological polar surface area (TPSA) is 72.7 Å². The largest absolute Gasteiger partial charge is 0.506 e. The highest BCUT2D eigenvalue weighted by molar-refractivity contribution is 6.32. The summed E-state index contributed by atoms with van der Waals surface area (Å²) < 4.78 is 0. The van der Waals surface area contributed by atoms with Crippen LogP contribution in [0.3, 0.4) is 0 Å². The van der Waals surface area contributed by atoms with Crippen molar-refractivity contribution in [2.75, 3.05) is 6.54 Å². The molecule has 1 aromatic rings. The van der Waals surface area contributed by atoms with Crippen molar-refractivity contribution in [2.24, 2.45) is 0 Å². The zero-order chi connectivity index (χ0) is 13.9. The van der Waals surface area contributed by atoms with Gasteiger partial charge in [0.05, 0.1) is 17.7 Å². The summed E-state index contributed by atoms with van der Waals surface area (Å²) in [4.78, 5) is 0. The molecule has 0 fully saturated rings. The van der Waals surface area contributed by atoms with Gasteiger partial charge in [-0.2, -0.15) is 0 Å². The van der Waals surface area contributed by atoms with Crippen molar-refractivity contribution in [2.45, 2.75) is 39.0 Å². The molecule has 0 amide bonds. The van der Waals surface area contributed by atoms with Crippen LogP contribution in [-0.2, 0) is 6.61 Å².